The summed E-state index contributed by atoms with van der Waals surface area (Å²) in [5.41, 5.74) is 3.47. The van der Waals surface area contributed by atoms with Gasteiger partial charge in [-0.15, -0.1) is 0 Å². The van der Waals surface area contributed by atoms with Crippen LogP contribution in [0.2, 0.25) is 0 Å². The van der Waals surface area contributed by atoms with Gasteiger partial charge in [-0.2, -0.15) is 0 Å². The van der Waals surface area contributed by atoms with Crippen LogP contribution in [0, 0.1) is 6.92 Å². The monoisotopic (exact) mass is 279 g/mol. The third-order valence-corrected chi connectivity index (χ3v) is 3.34. The average molecular weight is 279 g/mol. The van der Waals surface area contributed by atoms with Gasteiger partial charge in [-0.1, -0.05) is 47.6 Å². The third kappa shape index (κ3) is 2.43. The van der Waals surface area contributed by atoms with E-state index in [-0.39, 0.29) is 5.56 Å². The second-order valence-electron chi connectivity index (χ2n) is 4.74. The van der Waals surface area contributed by atoms with E-state index in [1.165, 1.54) is 0 Å². The minimum atomic E-state index is -0.957. The molecule has 3 rings (SSSR count). The van der Waals surface area contributed by atoms with Crippen molar-refractivity contribution < 1.29 is 14.4 Å². The highest BCUT2D eigenvalue weighted by molar-refractivity contribution is 5.89. The SMILES string of the molecule is Cc1c(-c2cccc(C(=O)O)c2)noc1-c1ccccc1. The fraction of sp³-hybridized carbons (Fsp3) is 0.0588. The van der Waals surface area contributed by atoms with Gasteiger partial charge in [0.2, 0.25) is 0 Å². The normalized spacial score (nSPS) is 10.5. The molecule has 0 radical (unpaired) electrons. The van der Waals surface area contributed by atoms with Crippen LogP contribution in [0.4, 0.5) is 0 Å². The van der Waals surface area contributed by atoms with Crippen molar-refractivity contribution in [3.8, 4) is 22.6 Å². The van der Waals surface area contributed by atoms with Gasteiger partial charge in [-0.3, -0.25) is 0 Å². The first kappa shape index (κ1) is 13.1. The van der Waals surface area contributed by atoms with Gasteiger partial charge in [0.05, 0.1) is 5.56 Å². The molecular formula is C17H13NO3. The number of nitrogens with zero attached hydrogens (tertiary/aromatic N) is 1. The first-order valence-corrected chi connectivity index (χ1v) is 6.52. The Labute approximate surface area is 121 Å². The second-order valence-corrected chi connectivity index (χ2v) is 4.74. The highest BCUT2D eigenvalue weighted by atomic mass is 16.5. The van der Waals surface area contributed by atoms with E-state index in [9.17, 15) is 4.79 Å². The number of carboxylic acid groups (broad SMARTS) is 1. The highest BCUT2D eigenvalue weighted by Gasteiger charge is 2.16. The minimum absolute atomic E-state index is 0.233. The minimum Gasteiger partial charge on any atom is -0.478 e. The van der Waals surface area contributed by atoms with Crippen LogP contribution in [-0.2, 0) is 0 Å². The number of carbonyl (C=O) groups is 1. The predicted octanol–water partition coefficient (Wildman–Crippen LogP) is 4.02. The Kier molecular flexibility index (Phi) is 3.28. The molecule has 0 amide bonds. The predicted molar refractivity (Wildman–Crippen MR) is 79.1 cm³/mol. The molecule has 0 spiro atoms. The molecule has 4 nitrogen and oxygen atoms in total. The Bertz CT molecular complexity index is 791. The molecule has 2 aromatic carbocycles. The molecule has 0 atom stereocenters. The van der Waals surface area contributed by atoms with E-state index in [2.05, 4.69) is 5.16 Å². The van der Waals surface area contributed by atoms with Crippen LogP contribution in [0.25, 0.3) is 22.6 Å². The van der Waals surface area contributed by atoms with E-state index in [4.69, 9.17) is 9.63 Å². The molecule has 3 aromatic rings. The van der Waals surface area contributed by atoms with Crippen molar-refractivity contribution in [3.63, 3.8) is 0 Å². The maximum atomic E-state index is 11.1. The zero-order chi connectivity index (χ0) is 14.8. The van der Waals surface area contributed by atoms with E-state index in [0.717, 1.165) is 16.7 Å². The van der Waals surface area contributed by atoms with Crippen LogP contribution in [0.5, 0.6) is 0 Å². The largest absolute Gasteiger partial charge is 0.478 e. The summed E-state index contributed by atoms with van der Waals surface area (Å²) in [5.74, 6) is -0.257. The molecule has 0 saturated carbocycles. The summed E-state index contributed by atoms with van der Waals surface area (Å²) in [6.07, 6.45) is 0. The van der Waals surface area contributed by atoms with Gasteiger partial charge in [0.15, 0.2) is 5.76 Å². The van der Waals surface area contributed by atoms with Gasteiger partial charge >= 0.3 is 5.97 Å². The molecule has 0 bridgehead atoms. The van der Waals surface area contributed by atoms with Gasteiger partial charge in [-0.25, -0.2) is 4.79 Å². The number of aromatic nitrogens is 1. The van der Waals surface area contributed by atoms with Crippen LogP contribution >= 0.6 is 0 Å². The molecule has 0 aliphatic carbocycles. The summed E-state index contributed by atoms with van der Waals surface area (Å²) in [4.78, 5) is 11.1. The molecule has 104 valence electrons. The summed E-state index contributed by atoms with van der Waals surface area (Å²) >= 11 is 0. The van der Waals surface area contributed by atoms with Gasteiger partial charge < -0.3 is 9.63 Å². The van der Waals surface area contributed by atoms with Gasteiger partial charge in [0.1, 0.15) is 5.69 Å². The maximum Gasteiger partial charge on any atom is 0.335 e. The second kappa shape index (κ2) is 5.25. The van der Waals surface area contributed by atoms with Crippen molar-refractivity contribution in [2.45, 2.75) is 6.92 Å². The van der Waals surface area contributed by atoms with E-state index >= 15 is 0 Å². The summed E-state index contributed by atoms with van der Waals surface area (Å²) in [7, 11) is 0. The molecule has 0 saturated heterocycles. The van der Waals surface area contributed by atoms with Gasteiger partial charge in [0, 0.05) is 16.7 Å². The lowest BCUT2D eigenvalue weighted by molar-refractivity contribution is 0.0697. The fourth-order valence-corrected chi connectivity index (χ4v) is 2.26. The zero-order valence-electron chi connectivity index (χ0n) is 11.4. The van der Waals surface area contributed by atoms with Crippen molar-refractivity contribution in [1.82, 2.24) is 5.16 Å². The number of hydrogen-bond donors (Lipinski definition) is 1. The molecule has 0 aliphatic heterocycles. The van der Waals surface area contributed by atoms with E-state index in [0.29, 0.717) is 11.5 Å². The Hall–Kier alpha value is -2.88. The summed E-state index contributed by atoms with van der Waals surface area (Å²) in [6.45, 7) is 1.92. The van der Waals surface area contributed by atoms with Gasteiger partial charge in [-0.05, 0) is 19.1 Å². The molecule has 4 heteroatoms. The molecule has 1 N–H and O–H groups in total. The van der Waals surface area contributed by atoms with Crippen LogP contribution in [0.1, 0.15) is 15.9 Å². The lowest BCUT2D eigenvalue weighted by Gasteiger charge is -2.00. The maximum absolute atomic E-state index is 11.1. The number of aromatic carboxylic acids is 1. The summed E-state index contributed by atoms with van der Waals surface area (Å²) < 4.78 is 5.44. The Morgan fingerprint density at radius 2 is 1.76 bits per heavy atom. The van der Waals surface area contributed by atoms with Crippen molar-refractivity contribution in [2.75, 3.05) is 0 Å². The Morgan fingerprint density at radius 3 is 2.48 bits per heavy atom. The van der Waals surface area contributed by atoms with Crippen molar-refractivity contribution >= 4 is 5.97 Å². The fourth-order valence-electron chi connectivity index (χ4n) is 2.26. The molecule has 1 heterocycles. The summed E-state index contributed by atoms with van der Waals surface area (Å²) in [5, 5.41) is 13.2. The van der Waals surface area contributed by atoms with E-state index in [1.807, 2.05) is 43.3 Å². The lowest BCUT2D eigenvalue weighted by atomic mass is 10.0. The van der Waals surface area contributed by atoms with Crippen molar-refractivity contribution in [1.29, 1.82) is 0 Å². The van der Waals surface area contributed by atoms with E-state index < -0.39 is 5.97 Å². The Balaban J connectivity index is 2.07. The molecule has 0 aliphatic rings. The third-order valence-electron chi connectivity index (χ3n) is 3.34. The van der Waals surface area contributed by atoms with Crippen molar-refractivity contribution in [2.24, 2.45) is 0 Å². The highest BCUT2D eigenvalue weighted by Crippen LogP contribution is 2.31. The number of rotatable bonds is 3. The molecule has 1 aromatic heterocycles. The Morgan fingerprint density at radius 1 is 1.05 bits per heavy atom. The first-order valence-electron chi connectivity index (χ1n) is 6.52. The van der Waals surface area contributed by atoms with Crippen LogP contribution in [-0.4, -0.2) is 16.2 Å². The smallest absolute Gasteiger partial charge is 0.335 e. The average Bonchev–Trinajstić information content (AvgIpc) is 2.90. The molecular weight excluding hydrogens is 266 g/mol. The van der Waals surface area contributed by atoms with Crippen LogP contribution < -0.4 is 0 Å². The number of carboxylic acids is 1. The molecule has 0 unspecified atom stereocenters. The number of hydrogen-bond acceptors (Lipinski definition) is 3. The van der Waals surface area contributed by atoms with Gasteiger partial charge in [0.25, 0.3) is 0 Å². The quantitative estimate of drug-likeness (QED) is 0.786. The standard InChI is InChI=1S/C17H13NO3/c1-11-15(13-8-5-9-14(10-13)17(19)20)18-21-16(11)12-6-3-2-4-7-12/h2-10H,1H3,(H,19,20). The zero-order valence-corrected chi connectivity index (χ0v) is 11.4. The van der Waals surface area contributed by atoms with Crippen LogP contribution in [0.3, 0.4) is 0 Å². The van der Waals surface area contributed by atoms with E-state index in [1.54, 1.807) is 18.2 Å². The first-order chi connectivity index (χ1) is 10.2. The van der Waals surface area contributed by atoms with Crippen molar-refractivity contribution in [3.05, 3.63) is 65.7 Å². The molecule has 0 fully saturated rings. The lowest BCUT2D eigenvalue weighted by Crippen LogP contribution is -1.96. The van der Waals surface area contributed by atoms with Crippen LogP contribution in [0.15, 0.2) is 59.1 Å². The number of benzene rings is 2. The topological polar surface area (TPSA) is 63.3 Å². The summed E-state index contributed by atoms with van der Waals surface area (Å²) in [6, 6.07) is 16.4. The molecule has 21 heavy (non-hydrogen) atoms.